The van der Waals surface area contributed by atoms with Crippen molar-refractivity contribution in [2.24, 2.45) is 0 Å². The second kappa shape index (κ2) is 13.5. The monoisotopic (exact) mass is 625 g/mol. The second-order valence-corrected chi connectivity index (χ2v) is 11.4. The molecule has 0 saturated heterocycles. The van der Waals surface area contributed by atoms with Gasteiger partial charge in [0, 0.05) is 23.2 Å². The Morgan fingerprint density at radius 3 is 1.73 bits per heavy atom. The van der Waals surface area contributed by atoms with Gasteiger partial charge in [0.05, 0.1) is 0 Å². The van der Waals surface area contributed by atoms with Gasteiger partial charge in [-0.15, -0.1) is 5.10 Å². The molecule has 1 aromatic heterocycles. The van der Waals surface area contributed by atoms with Gasteiger partial charge in [-0.25, -0.2) is 4.68 Å². The van der Waals surface area contributed by atoms with E-state index in [9.17, 15) is 9.59 Å². The van der Waals surface area contributed by atoms with E-state index in [4.69, 9.17) is 5.21 Å². The molecule has 232 valence electrons. The lowest BCUT2D eigenvalue weighted by Gasteiger charge is -2.36. The summed E-state index contributed by atoms with van der Waals surface area (Å²) in [6.07, 6.45) is 0.696. The lowest BCUT2D eigenvalue weighted by molar-refractivity contribution is 0.0945. The van der Waals surface area contributed by atoms with Crippen LogP contribution in [-0.2, 0) is 12.1 Å². The van der Waals surface area contributed by atoms with Gasteiger partial charge < -0.3 is 5.32 Å². The van der Waals surface area contributed by atoms with Gasteiger partial charge in [-0.05, 0) is 49.9 Å². The van der Waals surface area contributed by atoms with E-state index in [1.807, 2.05) is 102 Å². The minimum Gasteiger partial charge on any atom is -0.348 e. The molecule has 0 fully saturated rings. The Balaban J connectivity index is 1.29. The molecule has 0 radical (unpaired) electrons. The Kier molecular flexibility index (Phi) is 8.48. The number of aromatic nitrogens is 4. The number of nitrogens with one attached hydrogen (secondary N) is 1. The third-order valence-corrected chi connectivity index (χ3v) is 8.58. The molecule has 0 spiro atoms. The molecule has 1 amide bonds. The van der Waals surface area contributed by atoms with Gasteiger partial charge in [0.1, 0.15) is 5.54 Å². The maximum absolute atomic E-state index is 12.8. The SMILES string of the molecule is O=Cc1ccccc1C(=O)NCc1ccc(-c2ccccc2-c2nnnn2C(c2ccccc2)(c2ccccc2)c2ccccc2)cc1. The minimum absolute atomic E-state index is 0.294. The van der Waals surface area contributed by atoms with E-state index in [2.05, 4.69) is 58.1 Å². The highest BCUT2D eigenvalue weighted by Gasteiger charge is 2.42. The van der Waals surface area contributed by atoms with Gasteiger partial charge >= 0.3 is 0 Å². The third kappa shape index (κ3) is 5.58. The Morgan fingerprint density at radius 1 is 0.625 bits per heavy atom. The number of rotatable bonds is 10. The van der Waals surface area contributed by atoms with Crippen LogP contribution in [0.15, 0.2) is 164 Å². The summed E-state index contributed by atoms with van der Waals surface area (Å²) >= 11 is 0. The number of benzene rings is 6. The van der Waals surface area contributed by atoms with Crippen molar-refractivity contribution in [2.75, 3.05) is 0 Å². The molecule has 1 heterocycles. The molecular weight excluding hydrogens is 594 g/mol. The van der Waals surface area contributed by atoms with E-state index in [0.29, 0.717) is 29.8 Å². The topological polar surface area (TPSA) is 89.8 Å². The summed E-state index contributed by atoms with van der Waals surface area (Å²) in [6, 6.07) is 53.9. The van der Waals surface area contributed by atoms with Gasteiger partial charge in [-0.3, -0.25) is 9.59 Å². The number of carbonyl (C=O) groups is 2. The molecule has 7 aromatic rings. The van der Waals surface area contributed by atoms with Crippen LogP contribution in [0.5, 0.6) is 0 Å². The molecule has 6 aromatic carbocycles. The molecular formula is C41H31N5O2. The van der Waals surface area contributed by atoms with Crippen molar-refractivity contribution in [3.8, 4) is 22.5 Å². The summed E-state index contributed by atoms with van der Waals surface area (Å²) in [7, 11) is 0. The fourth-order valence-electron chi connectivity index (χ4n) is 6.30. The van der Waals surface area contributed by atoms with Crippen LogP contribution in [0.2, 0.25) is 0 Å². The zero-order valence-electron chi connectivity index (χ0n) is 26.0. The normalized spacial score (nSPS) is 11.2. The molecule has 48 heavy (non-hydrogen) atoms. The van der Waals surface area contributed by atoms with Crippen LogP contribution < -0.4 is 5.32 Å². The maximum Gasteiger partial charge on any atom is 0.252 e. The third-order valence-electron chi connectivity index (χ3n) is 8.58. The first-order valence-corrected chi connectivity index (χ1v) is 15.7. The summed E-state index contributed by atoms with van der Waals surface area (Å²) in [5, 5.41) is 16.6. The summed E-state index contributed by atoms with van der Waals surface area (Å²) < 4.78 is 1.94. The predicted molar refractivity (Wildman–Crippen MR) is 186 cm³/mol. The highest BCUT2D eigenvalue weighted by Crippen LogP contribution is 2.43. The Hall–Kier alpha value is -6.47. The molecule has 0 saturated carbocycles. The molecule has 0 bridgehead atoms. The van der Waals surface area contributed by atoms with Gasteiger partial charge in [0.2, 0.25) is 0 Å². The number of tetrazole rings is 1. The molecule has 0 aliphatic carbocycles. The van der Waals surface area contributed by atoms with Crippen molar-refractivity contribution < 1.29 is 9.59 Å². The van der Waals surface area contributed by atoms with Gasteiger partial charge in [0.15, 0.2) is 12.1 Å². The Labute approximate surface area is 278 Å². The van der Waals surface area contributed by atoms with Crippen LogP contribution in [0.3, 0.4) is 0 Å². The number of carbonyl (C=O) groups excluding carboxylic acids is 2. The fourth-order valence-corrected chi connectivity index (χ4v) is 6.30. The zero-order chi connectivity index (χ0) is 32.8. The van der Waals surface area contributed by atoms with Crippen LogP contribution in [0.25, 0.3) is 22.5 Å². The van der Waals surface area contributed by atoms with E-state index < -0.39 is 5.54 Å². The van der Waals surface area contributed by atoms with Gasteiger partial charge in [-0.2, -0.15) is 0 Å². The number of aldehydes is 1. The Morgan fingerprint density at radius 2 is 1.15 bits per heavy atom. The summed E-state index contributed by atoms with van der Waals surface area (Å²) in [6.45, 7) is 0.319. The van der Waals surface area contributed by atoms with E-state index in [1.54, 1.807) is 24.3 Å². The smallest absolute Gasteiger partial charge is 0.252 e. The van der Waals surface area contributed by atoms with Crippen LogP contribution in [0.1, 0.15) is 43.0 Å². The van der Waals surface area contributed by atoms with Crippen LogP contribution in [0, 0.1) is 0 Å². The zero-order valence-corrected chi connectivity index (χ0v) is 26.0. The van der Waals surface area contributed by atoms with E-state index in [0.717, 1.165) is 38.9 Å². The fraction of sp³-hybridized carbons (Fsp3) is 0.0488. The van der Waals surface area contributed by atoms with E-state index in [-0.39, 0.29) is 5.91 Å². The van der Waals surface area contributed by atoms with Crippen LogP contribution >= 0.6 is 0 Å². The van der Waals surface area contributed by atoms with Crippen molar-refractivity contribution in [3.63, 3.8) is 0 Å². The molecule has 0 unspecified atom stereocenters. The quantitative estimate of drug-likeness (QED) is 0.125. The van der Waals surface area contributed by atoms with Gasteiger partial charge in [0.25, 0.3) is 5.91 Å². The molecule has 1 N–H and O–H groups in total. The molecule has 7 rings (SSSR count). The molecule has 0 atom stereocenters. The average molecular weight is 626 g/mol. The lowest BCUT2D eigenvalue weighted by Crippen LogP contribution is -2.39. The highest BCUT2D eigenvalue weighted by molar-refractivity contribution is 6.01. The summed E-state index contributed by atoms with van der Waals surface area (Å²) in [5.74, 6) is 0.324. The van der Waals surface area contributed by atoms with Crippen molar-refractivity contribution in [3.05, 3.63) is 197 Å². The number of nitrogens with zero attached hydrogens (tertiary/aromatic N) is 4. The van der Waals surface area contributed by atoms with Crippen LogP contribution in [-0.4, -0.2) is 32.4 Å². The summed E-state index contributed by atoms with van der Waals surface area (Å²) in [5.41, 5.74) is 6.66. The minimum atomic E-state index is -0.875. The first kappa shape index (κ1) is 30.2. The highest BCUT2D eigenvalue weighted by atomic mass is 16.1. The molecule has 7 nitrogen and oxygen atoms in total. The molecule has 7 heteroatoms. The van der Waals surface area contributed by atoms with E-state index >= 15 is 0 Å². The van der Waals surface area contributed by atoms with Crippen molar-refractivity contribution in [1.29, 1.82) is 0 Å². The molecule has 0 aliphatic rings. The van der Waals surface area contributed by atoms with E-state index in [1.165, 1.54) is 0 Å². The van der Waals surface area contributed by atoms with Crippen molar-refractivity contribution in [1.82, 2.24) is 25.5 Å². The van der Waals surface area contributed by atoms with Crippen molar-refractivity contribution in [2.45, 2.75) is 12.1 Å². The van der Waals surface area contributed by atoms with Gasteiger partial charge in [-0.1, -0.05) is 158 Å². The van der Waals surface area contributed by atoms with Crippen molar-refractivity contribution >= 4 is 12.2 Å². The first-order chi connectivity index (χ1) is 23.7. The number of hydrogen-bond acceptors (Lipinski definition) is 5. The number of amides is 1. The predicted octanol–water partition coefficient (Wildman–Crippen LogP) is 7.59. The maximum atomic E-state index is 12.8. The standard InChI is InChI=1S/C41H31N5O2/c47-29-32-14-10-11-22-37(32)40(48)42-28-30-24-26-31(27-25-30)36-21-12-13-23-38(36)39-43-44-45-46(39)41(33-15-4-1-5-16-33,34-17-6-2-7-18-34)35-19-8-3-9-20-35/h1-27,29H,28H2,(H,42,48). The van der Waals surface area contributed by atoms with Crippen LogP contribution in [0.4, 0.5) is 0 Å². The Bertz CT molecular complexity index is 2070. The lowest BCUT2D eigenvalue weighted by atomic mass is 9.77. The molecule has 0 aliphatic heterocycles. The summed E-state index contributed by atoms with van der Waals surface area (Å²) in [4.78, 5) is 24.2. The largest absolute Gasteiger partial charge is 0.348 e. The second-order valence-electron chi connectivity index (χ2n) is 11.4. The average Bonchev–Trinajstić information content (AvgIpc) is 3.66. The first-order valence-electron chi connectivity index (χ1n) is 15.7. The number of hydrogen-bond donors (Lipinski definition) is 1.